The van der Waals surface area contributed by atoms with Gasteiger partial charge in [0, 0.05) is 11.9 Å². The van der Waals surface area contributed by atoms with Gasteiger partial charge in [-0.25, -0.2) is 0 Å². The number of phosphoric acid groups is 1. The molecule has 0 aliphatic carbocycles. The van der Waals surface area contributed by atoms with E-state index < -0.39 is 39.2 Å². The van der Waals surface area contributed by atoms with E-state index in [4.69, 9.17) is 14.7 Å². The molecule has 39 heavy (non-hydrogen) atoms. The Morgan fingerprint density at radius 2 is 1.26 bits per heavy atom. The Balaban J connectivity index is 3.81. The van der Waals surface area contributed by atoms with Gasteiger partial charge in [-0.05, 0) is 6.42 Å². The van der Waals surface area contributed by atoms with E-state index in [9.17, 15) is 19.4 Å². The van der Waals surface area contributed by atoms with Crippen LogP contribution in [0.5, 0.6) is 0 Å². The van der Waals surface area contributed by atoms with Crippen molar-refractivity contribution in [3.63, 3.8) is 0 Å². The summed E-state index contributed by atoms with van der Waals surface area (Å²) in [4.78, 5) is 23.6. The van der Waals surface area contributed by atoms with E-state index in [1.807, 2.05) is 21.1 Å². The second-order valence-corrected chi connectivity index (χ2v) is 12.9. The number of rotatable bonds is 29. The summed E-state index contributed by atoms with van der Waals surface area (Å²) in [7, 11) is 1.16. The lowest BCUT2D eigenvalue weighted by Gasteiger charge is -2.27. The molecule has 0 fully saturated rings. The number of unbranched alkanes of at least 4 members (excludes halogenated alkanes) is 13. The summed E-state index contributed by atoms with van der Waals surface area (Å²) in [5.41, 5.74) is 0. The van der Waals surface area contributed by atoms with Gasteiger partial charge in [-0.3, -0.25) is 9.36 Å². The number of nitrogens with zero attached hydrogens (tertiary/aromatic N) is 1. The molecule has 0 saturated carbocycles. The summed E-state index contributed by atoms with van der Waals surface area (Å²) >= 11 is 0. The summed E-state index contributed by atoms with van der Waals surface area (Å²) in [5.74, 6) is -0.454. The number of hydrogen-bond acceptors (Lipinski definition) is 7. The predicted octanol–water partition coefficient (Wildman–Crippen LogP) is 6.92. The van der Waals surface area contributed by atoms with Crippen LogP contribution in [0.3, 0.4) is 0 Å². The first-order valence-electron chi connectivity index (χ1n) is 17.3. The lowest BCUT2D eigenvalue weighted by atomic mass is 10.0. The molecule has 0 rings (SSSR count). The van der Waals surface area contributed by atoms with Crippen molar-refractivity contribution in [3.05, 3.63) is 0 Å². The molecule has 0 saturated heterocycles. The number of aliphatic hydroxyl groups excluding tert-OH is 1. The molecule has 234 valence electrons. The summed E-state index contributed by atoms with van der Waals surface area (Å²) < 4.78 is 59.7. The number of carbonyl (C=O) groups excluding carboxylic acids is 1. The zero-order chi connectivity index (χ0) is 32.8. The first-order chi connectivity index (χ1) is 20.0. The smallest absolute Gasteiger partial charge is 0.305 e. The molecule has 0 radical (unpaired) electrons. The highest BCUT2D eigenvalue weighted by Gasteiger charge is 2.16. The largest absolute Gasteiger partial charge is 0.756 e. The van der Waals surface area contributed by atoms with Crippen LogP contribution >= 0.6 is 7.82 Å². The van der Waals surface area contributed by atoms with Gasteiger partial charge in [-0.1, -0.05) is 122 Å². The molecule has 2 atom stereocenters. The molecule has 8 nitrogen and oxygen atoms in total. The van der Waals surface area contributed by atoms with E-state index in [1.165, 1.54) is 25.7 Å². The fraction of sp³-hybridized carbons (Fsp3) is 0.967. The van der Waals surface area contributed by atoms with Crippen molar-refractivity contribution in [2.75, 3.05) is 47.5 Å². The Kier molecular flexibility index (Phi) is 20.3. The number of ether oxygens (including phenoxy) is 1. The normalized spacial score (nSPS) is 16.6. The molecule has 0 aliphatic heterocycles. The van der Waals surface area contributed by atoms with Crippen molar-refractivity contribution >= 4 is 13.8 Å². The van der Waals surface area contributed by atoms with Crippen molar-refractivity contribution in [1.82, 2.24) is 0 Å². The van der Waals surface area contributed by atoms with E-state index in [2.05, 4.69) is 11.4 Å². The van der Waals surface area contributed by atoms with Gasteiger partial charge < -0.3 is 28.3 Å². The van der Waals surface area contributed by atoms with Crippen LogP contribution in [0.4, 0.5) is 0 Å². The van der Waals surface area contributed by atoms with Crippen LogP contribution < -0.4 is 4.89 Å². The van der Waals surface area contributed by atoms with Crippen LogP contribution in [0.1, 0.15) is 141 Å². The van der Waals surface area contributed by atoms with Crippen LogP contribution in [-0.4, -0.2) is 69.2 Å². The Hall–Kier alpha value is -0.500. The number of likely N-dealkylation sites (N-methyl/N-ethyl adjacent to an activating group) is 1. The standard InChI is InChI=1S/C30H62NO7P/c1-5-6-7-8-9-10-11-12-13-14-15-16-17-18-19-20-21-22-23-24-30(33)36-27-29(32)28-38-39(34,35)37-26-25-31(2,3)4/h29,32H,5-28H2,1-4H3/t29-/m1/s1/i13D2,14D2. The maximum atomic E-state index is 11.9. The molecule has 0 heterocycles. The first kappa shape index (κ1) is 31.4. The molecule has 1 N–H and O–H groups in total. The van der Waals surface area contributed by atoms with Crippen molar-refractivity contribution in [1.29, 1.82) is 0 Å². The van der Waals surface area contributed by atoms with Gasteiger partial charge >= 0.3 is 5.97 Å². The fourth-order valence-electron chi connectivity index (χ4n) is 3.84. The quantitative estimate of drug-likeness (QED) is 0.0441. The van der Waals surface area contributed by atoms with Crippen molar-refractivity contribution in [2.24, 2.45) is 0 Å². The molecule has 9 heteroatoms. The van der Waals surface area contributed by atoms with Crippen LogP contribution in [-0.2, 0) is 23.1 Å². The van der Waals surface area contributed by atoms with E-state index >= 15 is 0 Å². The van der Waals surface area contributed by atoms with Crippen LogP contribution in [0.2, 0.25) is 0 Å². The van der Waals surface area contributed by atoms with Gasteiger partial charge in [-0.2, -0.15) is 0 Å². The zero-order valence-electron chi connectivity index (χ0n) is 29.4. The summed E-state index contributed by atoms with van der Waals surface area (Å²) in [6, 6.07) is 0. The van der Waals surface area contributed by atoms with E-state index in [0.717, 1.165) is 57.8 Å². The summed E-state index contributed by atoms with van der Waals surface area (Å²) in [6.07, 6.45) is 10.7. The number of aliphatic hydroxyl groups is 1. The van der Waals surface area contributed by atoms with E-state index in [-0.39, 0.29) is 32.5 Å². The number of phosphoric ester groups is 1. The van der Waals surface area contributed by atoms with Crippen LogP contribution in [0.25, 0.3) is 0 Å². The van der Waals surface area contributed by atoms with Gasteiger partial charge in [0.1, 0.15) is 25.9 Å². The fourth-order valence-corrected chi connectivity index (χ4v) is 4.58. The van der Waals surface area contributed by atoms with Crippen molar-refractivity contribution in [2.45, 2.75) is 141 Å². The molecule has 1 unspecified atom stereocenters. The molecule has 0 aliphatic rings. The van der Waals surface area contributed by atoms with Gasteiger partial charge in [0.2, 0.25) is 0 Å². The minimum atomic E-state index is -4.53. The number of quaternary nitrogens is 1. The Morgan fingerprint density at radius 3 is 1.74 bits per heavy atom. The van der Waals surface area contributed by atoms with Gasteiger partial charge in [0.15, 0.2) is 0 Å². The molecule has 0 aromatic rings. The number of hydrogen-bond donors (Lipinski definition) is 1. The van der Waals surface area contributed by atoms with E-state index in [0.29, 0.717) is 23.9 Å². The highest BCUT2D eigenvalue weighted by molar-refractivity contribution is 7.45. The average molecular weight is 584 g/mol. The topological polar surface area (TPSA) is 105 Å². The highest BCUT2D eigenvalue weighted by atomic mass is 31.2. The average Bonchev–Trinajstić information content (AvgIpc) is 2.90. The highest BCUT2D eigenvalue weighted by Crippen LogP contribution is 2.38. The van der Waals surface area contributed by atoms with Gasteiger partial charge in [0.25, 0.3) is 7.82 Å². The Labute approximate surface area is 246 Å². The lowest BCUT2D eigenvalue weighted by Crippen LogP contribution is -2.37. The molecule has 0 aromatic heterocycles. The third-order valence-corrected chi connectivity index (χ3v) is 7.30. The summed E-state index contributed by atoms with van der Waals surface area (Å²) in [6.45, 7) is 1.72. The second-order valence-electron chi connectivity index (χ2n) is 11.5. The minimum Gasteiger partial charge on any atom is -0.756 e. The molecular formula is C30H62NO7P. The van der Waals surface area contributed by atoms with E-state index in [1.54, 1.807) is 0 Å². The predicted molar refractivity (Wildman–Crippen MR) is 157 cm³/mol. The maximum Gasteiger partial charge on any atom is 0.305 e. The second kappa shape index (κ2) is 25.2. The van der Waals surface area contributed by atoms with Crippen molar-refractivity contribution < 1.29 is 43.1 Å². The minimum absolute atomic E-state index is 0.0343. The van der Waals surface area contributed by atoms with Crippen LogP contribution in [0.15, 0.2) is 0 Å². The molecule has 0 amide bonds. The van der Waals surface area contributed by atoms with Gasteiger partial charge in [-0.15, -0.1) is 0 Å². The zero-order valence-corrected chi connectivity index (χ0v) is 26.3. The lowest BCUT2D eigenvalue weighted by molar-refractivity contribution is -0.870. The van der Waals surface area contributed by atoms with Gasteiger partial charge in [0.05, 0.1) is 27.7 Å². The molecule has 0 spiro atoms. The third-order valence-electron chi connectivity index (χ3n) is 6.34. The monoisotopic (exact) mass is 583 g/mol. The molecule has 0 aromatic carbocycles. The third kappa shape index (κ3) is 30.3. The van der Waals surface area contributed by atoms with Crippen LogP contribution in [0, 0.1) is 0 Å². The first-order valence-corrected chi connectivity index (χ1v) is 16.7. The number of carbonyl (C=O) groups is 1. The maximum absolute atomic E-state index is 11.9. The summed E-state index contributed by atoms with van der Waals surface area (Å²) in [5, 5.41) is 9.84. The Bertz CT molecular complexity index is 769. The molecule has 0 bridgehead atoms. The molecular weight excluding hydrogens is 517 g/mol. The number of esters is 1. The Morgan fingerprint density at radius 1 is 0.795 bits per heavy atom. The van der Waals surface area contributed by atoms with Crippen molar-refractivity contribution in [3.8, 4) is 0 Å². The SMILES string of the molecule is [2H]C([2H])(CCCCCCCCC)C([2H])([2H])CCCCCCCCCCC(=O)OC[C@@H](O)COP(=O)([O-])OCC[N+](C)(C)C.